The summed E-state index contributed by atoms with van der Waals surface area (Å²) in [6, 6.07) is 3.84. The SMILES string of the molecule is Cc1cc([C@H](C)NS(=O)(=O)CCCCC#N)c(C)s1. The fourth-order valence-electron chi connectivity index (χ4n) is 1.97. The van der Waals surface area contributed by atoms with Gasteiger partial charge in [-0.1, -0.05) is 0 Å². The lowest BCUT2D eigenvalue weighted by Crippen LogP contribution is -2.29. The average Bonchev–Trinajstić information content (AvgIpc) is 2.63. The van der Waals surface area contributed by atoms with Crippen molar-refractivity contribution in [2.75, 3.05) is 5.75 Å². The molecular formula is C13H20N2O2S2. The molecule has 0 aromatic carbocycles. The number of hydrogen-bond acceptors (Lipinski definition) is 4. The summed E-state index contributed by atoms with van der Waals surface area (Å²) in [7, 11) is -3.27. The Hall–Kier alpha value is -0.900. The van der Waals surface area contributed by atoms with Crippen LogP contribution in [0.1, 0.15) is 47.5 Å². The van der Waals surface area contributed by atoms with Crippen LogP contribution >= 0.6 is 11.3 Å². The number of thiophene rings is 1. The highest BCUT2D eigenvalue weighted by molar-refractivity contribution is 7.89. The van der Waals surface area contributed by atoms with Crippen LogP contribution in [0.15, 0.2) is 6.07 Å². The molecule has 106 valence electrons. The molecule has 1 N–H and O–H groups in total. The van der Waals surface area contributed by atoms with Gasteiger partial charge in [-0.15, -0.1) is 11.3 Å². The second-order valence-corrected chi connectivity index (χ2v) is 7.98. The van der Waals surface area contributed by atoms with Gasteiger partial charge in [-0.25, -0.2) is 13.1 Å². The van der Waals surface area contributed by atoms with Crippen LogP contribution in [0.4, 0.5) is 0 Å². The molecule has 1 aromatic heterocycles. The summed E-state index contributed by atoms with van der Waals surface area (Å²) in [6.45, 7) is 5.89. The second kappa shape index (κ2) is 7.04. The molecule has 1 aromatic rings. The lowest BCUT2D eigenvalue weighted by molar-refractivity contribution is 0.563. The van der Waals surface area contributed by atoms with Crippen molar-refractivity contribution in [2.24, 2.45) is 0 Å². The first kappa shape index (κ1) is 16.2. The maximum Gasteiger partial charge on any atom is 0.212 e. The van der Waals surface area contributed by atoms with Gasteiger partial charge in [0.05, 0.1) is 11.8 Å². The molecule has 0 aliphatic rings. The van der Waals surface area contributed by atoms with E-state index in [4.69, 9.17) is 5.26 Å². The van der Waals surface area contributed by atoms with Gasteiger partial charge in [-0.2, -0.15) is 5.26 Å². The van der Waals surface area contributed by atoms with Crippen molar-refractivity contribution >= 4 is 21.4 Å². The molecule has 1 atom stereocenters. The van der Waals surface area contributed by atoms with Crippen LogP contribution in [0.3, 0.4) is 0 Å². The number of aryl methyl sites for hydroxylation is 2. The number of unbranched alkanes of at least 4 members (excludes halogenated alkanes) is 2. The summed E-state index contributed by atoms with van der Waals surface area (Å²) >= 11 is 1.68. The van der Waals surface area contributed by atoms with E-state index in [1.165, 1.54) is 4.88 Å². The third kappa shape index (κ3) is 5.31. The van der Waals surface area contributed by atoms with Crippen LogP contribution in [0.2, 0.25) is 0 Å². The summed E-state index contributed by atoms with van der Waals surface area (Å²) in [6.07, 6.45) is 1.56. The predicted molar refractivity (Wildman–Crippen MR) is 78.6 cm³/mol. The Morgan fingerprint density at radius 2 is 2.11 bits per heavy atom. The van der Waals surface area contributed by atoms with E-state index in [-0.39, 0.29) is 11.8 Å². The number of nitrogens with zero attached hydrogens (tertiary/aromatic N) is 1. The van der Waals surface area contributed by atoms with E-state index in [2.05, 4.69) is 4.72 Å². The highest BCUT2D eigenvalue weighted by atomic mass is 32.2. The van der Waals surface area contributed by atoms with Gasteiger partial charge < -0.3 is 0 Å². The molecule has 0 amide bonds. The predicted octanol–water partition coefficient (Wildman–Crippen LogP) is 3.04. The highest BCUT2D eigenvalue weighted by Gasteiger charge is 2.18. The zero-order valence-corrected chi connectivity index (χ0v) is 13.2. The minimum Gasteiger partial charge on any atom is -0.212 e. The van der Waals surface area contributed by atoms with Gasteiger partial charge in [0.2, 0.25) is 10.0 Å². The smallest absolute Gasteiger partial charge is 0.212 e. The molecule has 1 rings (SSSR count). The fourth-order valence-corrected chi connectivity index (χ4v) is 4.36. The number of nitriles is 1. The van der Waals surface area contributed by atoms with Crippen molar-refractivity contribution in [3.05, 3.63) is 21.4 Å². The van der Waals surface area contributed by atoms with E-state index in [1.54, 1.807) is 11.3 Å². The van der Waals surface area contributed by atoms with Crippen LogP contribution in [-0.4, -0.2) is 14.2 Å². The molecule has 0 unspecified atom stereocenters. The number of sulfonamides is 1. The minimum absolute atomic E-state index is 0.0845. The third-order valence-corrected chi connectivity index (χ3v) is 5.37. The van der Waals surface area contributed by atoms with Gasteiger partial charge in [0.15, 0.2) is 0 Å². The van der Waals surface area contributed by atoms with Gasteiger partial charge in [0, 0.05) is 22.2 Å². The van der Waals surface area contributed by atoms with Gasteiger partial charge >= 0.3 is 0 Å². The van der Waals surface area contributed by atoms with Crippen molar-refractivity contribution in [2.45, 2.75) is 46.1 Å². The van der Waals surface area contributed by atoms with Crippen molar-refractivity contribution in [1.82, 2.24) is 4.72 Å². The molecular weight excluding hydrogens is 280 g/mol. The topological polar surface area (TPSA) is 70.0 Å². The largest absolute Gasteiger partial charge is 0.212 e. The molecule has 0 aliphatic carbocycles. The Balaban J connectivity index is 2.58. The van der Waals surface area contributed by atoms with Gasteiger partial charge in [0.1, 0.15) is 0 Å². The maximum atomic E-state index is 11.9. The van der Waals surface area contributed by atoms with Crippen LogP contribution in [0.25, 0.3) is 0 Å². The van der Waals surface area contributed by atoms with E-state index in [9.17, 15) is 8.42 Å². The van der Waals surface area contributed by atoms with Crippen molar-refractivity contribution in [3.63, 3.8) is 0 Å². The Labute approximate surface area is 119 Å². The van der Waals surface area contributed by atoms with E-state index in [0.29, 0.717) is 19.3 Å². The normalized spacial score (nSPS) is 13.2. The maximum absolute atomic E-state index is 11.9. The first-order valence-corrected chi connectivity index (χ1v) is 8.76. The molecule has 0 radical (unpaired) electrons. The minimum atomic E-state index is -3.27. The lowest BCUT2D eigenvalue weighted by Gasteiger charge is -2.14. The third-order valence-electron chi connectivity index (χ3n) is 2.85. The molecule has 0 saturated heterocycles. The molecule has 0 spiro atoms. The Kier molecular flexibility index (Phi) is 5.98. The molecule has 0 saturated carbocycles. The summed E-state index contributed by atoms with van der Waals surface area (Å²) in [5.74, 6) is 0.0845. The Bertz CT molecular complexity index is 556. The zero-order valence-electron chi connectivity index (χ0n) is 11.6. The summed E-state index contributed by atoms with van der Waals surface area (Å²) in [5.41, 5.74) is 1.04. The standard InChI is InChI=1S/C13H20N2O2S2/c1-10-9-13(12(3)18-10)11(2)15-19(16,17)8-6-4-5-7-14/h9,11,15H,4-6,8H2,1-3H3/t11-/m0/s1. The van der Waals surface area contributed by atoms with Crippen molar-refractivity contribution < 1.29 is 8.42 Å². The second-order valence-electron chi connectivity index (χ2n) is 4.64. The van der Waals surface area contributed by atoms with Crippen molar-refractivity contribution in [3.8, 4) is 6.07 Å². The molecule has 6 heteroatoms. The van der Waals surface area contributed by atoms with E-state index < -0.39 is 10.0 Å². The average molecular weight is 300 g/mol. The first-order valence-electron chi connectivity index (χ1n) is 6.29. The van der Waals surface area contributed by atoms with Gasteiger partial charge in [-0.05, 0) is 45.2 Å². The Morgan fingerprint density at radius 1 is 1.42 bits per heavy atom. The monoisotopic (exact) mass is 300 g/mol. The van der Waals surface area contributed by atoms with Crippen LogP contribution in [0, 0.1) is 25.2 Å². The van der Waals surface area contributed by atoms with Crippen molar-refractivity contribution in [1.29, 1.82) is 5.26 Å². The first-order chi connectivity index (χ1) is 8.85. The summed E-state index contributed by atoms with van der Waals surface area (Å²) in [4.78, 5) is 2.34. The van der Waals surface area contributed by atoms with Crippen LogP contribution < -0.4 is 4.72 Å². The molecule has 0 aliphatic heterocycles. The Morgan fingerprint density at radius 3 is 2.63 bits per heavy atom. The number of rotatable bonds is 7. The van der Waals surface area contributed by atoms with Gasteiger partial charge in [-0.3, -0.25) is 0 Å². The molecule has 1 heterocycles. The number of hydrogen-bond donors (Lipinski definition) is 1. The molecule has 19 heavy (non-hydrogen) atoms. The lowest BCUT2D eigenvalue weighted by atomic mass is 10.1. The molecule has 0 fully saturated rings. The summed E-state index contributed by atoms with van der Waals surface area (Å²) in [5, 5.41) is 8.41. The molecule has 4 nitrogen and oxygen atoms in total. The summed E-state index contributed by atoms with van der Waals surface area (Å²) < 4.78 is 26.5. The molecule has 0 bridgehead atoms. The van der Waals surface area contributed by atoms with Crippen LogP contribution in [-0.2, 0) is 10.0 Å². The van der Waals surface area contributed by atoms with E-state index >= 15 is 0 Å². The van der Waals surface area contributed by atoms with Crippen LogP contribution in [0.5, 0.6) is 0 Å². The highest BCUT2D eigenvalue weighted by Crippen LogP contribution is 2.26. The van der Waals surface area contributed by atoms with E-state index in [0.717, 1.165) is 10.4 Å². The van der Waals surface area contributed by atoms with Gasteiger partial charge in [0.25, 0.3) is 0 Å². The fraction of sp³-hybridized carbons (Fsp3) is 0.615. The van der Waals surface area contributed by atoms with E-state index in [1.807, 2.05) is 32.9 Å². The zero-order chi connectivity index (χ0) is 14.5. The number of nitrogens with one attached hydrogen (secondary N) is 1. The quantitative estimate of drug-likeness (QED) is 0.787.